The van der Waals surface area contributed by atoms with Crippen LogP contribution >= 0.6 is 0 Å². The number of carbonyl (C=O) groups is 3. The van der Waals surface area contributed by atoms with Gasteiger partial charge >= 0.3 is 0 Å². The Kier molecular flexibility index (Phi) is 5.30. The molecular weight excluding hydrogens is 370 g/mol. The summed E-state index contributed by atoms with van der Waals surface area (Å²) in [5, 5.41) is 0. The largest absolute Gasteiger partial charge is 0.497 e. The summed E-state index contributed by atoms with van der Waals surface area (Å²) in [5.74, 6) is -0.312. The Morgan fingerprint density at radius 3 is 2.03 bits per heavy atom. The first kappa shape index (κ1) is 19.5. The number of allylic oxidation sites excluding steroid dienone is 2. The van der Waals surface area contributed by atoms with Gasteiger partial charge in [-0.05, 0) is 44.0 Å². The second-order valence-corrected chi connectivity index (χ2v) is 7.89. The van der Waals surface area contributed by atoms with Crippen molar-refractivity contribution in [2.24, 2.45) is 11.8 Å². The van der Waals surface area contributed by atoms with E-state index in [-0.39, 0.29) is 29.6 Å². The van der Waals surface area contributed by atoms with Crippen molar-refractivity contribution < 1.29 is 19.1 Å². The van der Waals surface area contributed by atoms with E-state index in [1.54, 1.807) is 18.9 Å². The number of imide groups is 1. The Bertz CT molecular complexity index is 801. The molecule has 3 atom stereocenters. The average molecular weight is 397 g/mol. The fourth-order valence-electron chi connectivity index (χ4n) is 4.56. The number of hydrogen-bond donors (Lipinski definition) is 0. The van der Waals surface area contributed by atoms with Crippen LogP contribution in [0.1, 0.15) is 19.8 Å². The molecule has 0 aromatic heterocycles. The fraction of sp³-hybridized carbons (Fsp3) is 0.500. The highest BCUT2D eigenvalue weighted by atomic mass is 16.5. The Hall–Kier alpha value is -2.83. The molecule has 0 saturated carbocycles. The SMILES string of the molecule is COc1ccc(N2CCN(C(=O)[C@H](C)N3C(=O)[C@@H]4CC=CC[C@H]4C3=O)CC2)cc1. The van der Waals surface area contributed by atoms with Crippen molar-refractivity contribution in [3.8, 4) is 5.75 Å². The van der Waals surface area contributed by atoms with Crippen molar-refractivity contribution in [1.29, 1.82) is 0 Å². The molecule has 29 heavy (non-hydrogen) atoms. The molecule has 4 rings (SSSR count). The Morgan fingerprint density at radius 1 is 0.966 bits per heavy atom. The molecule has 2 fully saturated rings. The number of fused-ring (bicyclic) bond motifs is 1. The number of benzene rings is 1. The first-order valence-electron chi connectivity index (χ1n) is 10.2. The Labute approximate surface area is 170 Å². The molecular formula is C22H27N3O4. The van der Waals surface area contributed by atoms with Gasteiger partial charge in [0.25, 0.3) is 0 Å². The summed E-state index contributed by atoms with van der Waals surface area (Å²) in [4.78, 5) is 43.8. The molecule has 2 heterocycles. The van der Waals surface area contributed by atoms with Crippen LogP contribution in [0.15, 0.2) is 36.4 Å². The summed E-state index contributed by atoms with van der Waals surface area (Å²) in [6.45, 7) is 4.24. The molecule has 2 aliphatic heterocycles. The standard InChI is InChI=1S/C22H27N3O4/c1-15(25-21(27)18-5-3-4-6-19(18)22(25)28)20(26)24-13-11-23(12-14-24)16-7-9-17(29-2)10-8-16/h3-4,7-10,15,18-19H,5-6,11-14H2,1-2H3/t15-,18+,19+/m0/s1. The zero-order valence-electron chi connectivity index (χ0n) is 16.9. The van der Waals surface area contributed by atoms with Gasteiger partial charge in [0, 0.05) is 31.9 Å². The molecule has 2 saturated heterocycles. The second kappa shape index (κ2) is 7.89. The van der Waals surface area contributed by atoms with Crippen molar-refractivity contribution in [3.05, 3.63) is 36.4 Å². The molecule has 1 aromatic carbocycles. The lowest BCUT2D eigenvalue weighted by Crippen LogP contribution is -2.55. The summed E-state index contributed by atoms with van der Waals surface area (Å²) in [6.07, 6.45) is 5.10. The Balaban J connectivity index is 1.38. The average Bonchev–Trinajstić information content (AvgIpc) is 3.03. The van der Waals surface area contributed by atoms with Crippen LogP contribution in [0.4, 0.5) is 5.69 Å². The molecule has 0 spiro atoms. The quantitative estimate of drug-likeness (QED) is 0.571. The summed E-state index contributed by atoms with van der Waals surface area (Å²) < 4.78 is 5.20. The lowest BCUT2D eigenvalue weighted by Gasteiger charge is -2.38. The van der Waals surface area contributed by atoms with Crippen LogP contribution in [0.3, 0.4) is 0 Å². The topological polar surface area (TPSA) is 70.2 Å². The molecule has 0 unspecified atom stereocenters. The van der Waals surface area contributed by atoms with E-state index in [0.717, 1.165) is 11.4 Å². The van der Waals surface area contributed by atoms with Gasteiger partial charge in [0.1, 0.15) is 11.8 Å². The van der Waals surface area contributed by atoms with E-state index >= 15 is 0 Å². The highest BCUT2D eigenvalue weighted by molar-refractivity contribution is 6.08. The monoisotopic (exact) mass is 397 g/mol. The Morgan fingerprint density at radius 2 is 1.52 bits per heavy atom. The minimum Gasteiger partial charge on any atom is -0.497 e. The number of carbonyl (C=O) groups excluding carboxylic acids is 3. The maximum Gasteiger partial charge on any atom is 0.245 e. The maximum absolute atomic E-state index is 13.0. The van der Waals surface area contributed by atoms with Gasteiger partial charge < -0.3 is 14.5 Å². The third-order valence-corrected chi connectivity index (χ3v) is 6.32. The van der Waals surface area contributed by atoms with Crippen LogP contribution in [0.2, 0.25) is 0 Å². The zero-order valence-corrected chi connectivity index (χ0v) is 16.9. The van der Waals surface area contributed by atoms with E-state index in [1.807, 2.05) is 36.4 Å². The number of methoxy groups -OCH3 is 1. The highest BCUT2D eigenvalue weighted by Gasteiger charge is 2.50. The second-order valence-electron chi connectivity index (χ2n) is 7.89. The molecule has 1 aliphatic carbocycles. The summed E-state index contributed by atoms with van der Waals surface area (Å²) in [7, 11) is 1.64. The molecule has 3 amide bonds. The molecule has 3 aliphatic rings. The van der Waals surface area contributed by atoms with Gasteiger partial charge in [-0.25, -0.2) is 0 Å². The molecule has 7 nitrogen and oxygen atoms in total. The van der Waals surface area contributed by atoms with Gasteiger partial charge in [-0.2, -0.15) is 0 Å². The molecule has 0 bridgehead atoms. The van der Waals surface area contributed by atoms with Gasteiger partial charge in [-0.1, -0.05) is 12.2 Å². The highest BCUT2D eigenvalue weighted by Crippen LogP contribution is 2.36. The van der Waals surface area contributed by atoms with E-state index in [2.05, 4.69) is 4.90 Å². The predicted octanol–water partition coefficient (Wildman–Crippen LogP) is 1.68. The predicted molar refractivity (Wildman–Crippen MR) is 108 cm³/mol. The minimum atomic E-state index is -0.742. The van der Waals surface area contributed by atoms with Crippen molar-refractivity contribution in [1.82, 2.24) is 9.80 Å². The minimum absolute atomic E-state index is 0.146. The third kappa shape index (κ3) is 3.50. The molecule has 0 radical (unpaired) electrons. The lowest BCUT2D eigenvalue weighted by molar-refractivity contribution is -0.151. The van der Waals surface area contributed by atoms with Crippen molar-refractivity contribution >= 4 is 23.4 Å². The van der Waals surface area contributed by atoms with Crippen molar-refractivity contribution in [2.45, 2.75) is 25.8 Å². The number of rotatable bonds is 4. The van der Waals surface area contributed by atoms with Gasteiger partial charge in [0.2, 0.25) is 17.7 Å². The third-order valence-electron chi connectivity index (χ3n) is 6.32. The normalized spacial score (nSPS) is 25.2. The summed E-state index contributed by atoms with van der Waals surface area (Å²) in [6, 6.07) is 7.13. The van der Waals surface area contributed by atoms with Crippen LogP contribution in [-0.2, 0) is 14.4 Å². The number of amides is 3. The summed E-state index contributed by atoms with van der Waals surface area (Å²) >= 11 is 0. The van der Waals surface area contributed by atoms with Crippen molar-refractivity contribution in [3.63, 3.8) is 0 Å². The van der Waals surface area contributed by atoms with Gasteiger partial charge in [0.15, 0.2) is 0 Å². The van der Waals surface area contributed by atoms with E-state index < -0.39 is 6.04 Å². The van der Waals surface area contributed by atoms with Crippen LogP contribution in [0, 0.1) is 11.8 Å². The molecule has 0 N–H and O–H groups in total. The van der Waals surface area contributed by atoms with Gasteiger partial charge in [-0.15, -0.1) is 0 Å². The van der Waals surface area contributed by atoms with E-state index in [0.29, 0.717) is 39.0 Å². The number of nitrogens with zero attached hydrogens (tertiary/aromatic N) is 3. The smallest absolute Gasteiger partial charge is 0.245 e. The first-order valence-corrected chi connectivity index (χ1v) is 10.2. The zero-order chi connectivity index (χ0) is 20.5. The molecule has 1 aromatic rings. The summed E-state index contributed by atoms with van der Waals surface area (Å²) in [5.41, 5.74) is 1.09. The number of ether oxygens (including phenoxy) is 1. The van der Waals surface area contributed by atoms with Crippen molar-refractivity contribution in [2.75, 3.05) is 38.2 Å². The van der Waals surface area contributed by atoms with E-state index in [4.69, 9.17) is 4.74 Å². The van der Waals surface area contributed by atoms with Gasteiger partial charge in [0.05, 0.1) is 18.9 Å². The van der Waals surface area contributed by atoms with Gasteiger partial charge in [-0.3, -0.25) is 19.3 Å². The molecule has 7 heteroatoms. The van der Waals surface area contributed by atoms with E-state index in [1.165, 1.54) is 4.90 Å². The van der Waals surface area contributed by atoms with Crippen LogP contribution in [-0.4, -0.2) is 66.9 Å². The number of hydrogen-bond acceptors (Lipinski definition) is 5. The first-order chi connectivity index (χ1) is 14.0. The fourth-order valence-corrected chi connectivity index (χ4v) is 4.56. The number of anilines is 1. The van der Waals surface area contributed by atoms with Crippen LogP contribution in [0.5, 0.6) is 5.75 Å². The maximum atomic E-state index is 13.0. The lowest BCUT2D eigenvalue weighted by atomic mass is 9.85. The molecule has 154 valence electrons. The number of likely N-dealkylation sites (tertiary alicyclic amines) is 1. The number of piperazine rings is 1. The van der Waals surface area contributed by atoms with Crippen LogP contribution in [0.25, 0.3) is 0 Å². The van der Waals surface area contributed by atoms with E-state index in [9.17, 15) is 14.4 Å². The van der Waals surface area contributed by atoms with Crippen LogP contribution < -0.4 is 9.64 Å².